The van der Waals surface area contributed by atoms with E-state index in [1.807, 2.05) is 0 Å². The molecular formula is C13H26N2O3. The Hall–Kier alpha value is -0.650. The van der Waals surface area contributed by atoms with Gasteiger partial charge in [-0.25, -0.2) is 0 Å². The molecule has 106 valence electrons. The minimum absolute atomic E-state index is 0.148. The van der Waals surface area contributed by atoms with Gasteiger partial charge in [-0.2, -0.15) is 0 Å². The summed E-state index contributed by atoms with van der Waals surface area (Å²) >= 11 is 0. The zero-order valence-electron chi connectivity index (χ0n) is 11.6. The van der Waals surface area contributed by atoms with Gasteiger partial charge < -0.3 is 20.5 Å². The molecule has 3 N–H and O–H groups in total. The lowest BCUT2D eigenvalue weighted by Gasteiger charge is -2.34. The highest BCUT2D eigenvalue weighted by molar-refractivity contribution is 5.81. The van der Waals surface area contributed by atoms with Crippen LogP contribution in [0.4, 0.5) is 0 Å². The molecular weight excluding hydrogens is 232 g/mol. The minimum Gasteiger partial charge on any atom is -0.383 e. The summed E-state index contributed by atoms with van der Waals surface area (Å²) in [4.78, 5) is 11.7. The molecule has 0 aliphatic carbocycles. The average molecular weight is 258 g/mol. The molecule has 0 aromatic heterocycles. The van der Waals surface area contributed by atoms with Gasteiger partial charge in [0, 0.05) is 26.2 Å². The van der Waals surface area contributed by atoms with Gasteiger partial charge in [-0.05, 0) is 18.8 Å². The first kappa shape index (κ1) is 15.4. The highest BCUT2D eigenvalue weighted by Gasteiger charge is 2.29. The third-order valence-electron chi connectivity index (χ3n) is 3.37. The number of nitrogens with two attached hydrogens (primary N) is 1. The van der Waals surface area contributed by atoms with Crippen molar-refractivity contribution in [3.05, 3.63) is 0 Å². The standard InChI is InChI=1S/C13H26N2O3/c1-9(2)12-10(5-4-6-18-12)7-15-13(16)11(14)8-17-3/h9-12H,4-8,14H2,1-3H3,(H,15,16). The van der Waals surface area contributed by atoms with Crippen molar-refractivity contribution >= 4 is 5.91 Å². The van der Waals surface area contributed by atoms with E-state index in [2.05, 4.69) is 19.2 Å². The molecule has 5 heteroatoms. The van der Waals surface area contributed by atoms with Gasteiger partial charge in [0.2, 0.25) is 5.91 Å². The van der Waals surface area contributed by atoms with Crippen LogP contribution in [0.3, 0.4) is 0 Å². The fourth-order valence-electron chi connectivity index (χ4n) is 2.44. The van der Waals surface area contributed by atoms with Crippen molar-refractivity contribution in [1.29, 1.82) is 0 Å². The number of carbonyl (C=O) groups excluding carboxylic acids is 1. The molecule has 0 saturated carbocycles. The first-order chi connectivity index (χ1) is 8.56. The van der Waals surface area contributed by atoms with E-state index in [4.69, 9.17) is 15.2 Å². The summed E-state index contributed by atoms with van der Waals surface area (Å²) in [5, 5.41) is 2.90. The largest absolute Gasteiger partial charge is 0.383 e. The summed E-state index contributed by atoms with van der Waals surface area (Å²) in [5.74, 6) is 0.710. The summed E-state index contributed by atoms with van der Waals surface area (Å²) in [6.45, 7) is 6.03. The molecule has 1 rings (SSSR count). The number of ether oxygens (including phenoxy) is 2. The van der Waals surface area contributed by atoms with Gasteiger partial charge >= 0.3 is 0 Å². The molecule has 0 bridgehead atoms. The number of carbonyl (C=O) groups is 1. The zero-order valence-corrected chi connectivity index (χ0v) is 11.6. The molecule has 5 nitrogen and oxygen atoms in total. The third kappa shape index (κ3) is 4.55. The van der Waals surface area contributed by atoms with Crippen LogP contribution >= 0.6 is 0 Å². The smallest absolute Gasteiger partial charge is 0.239 e. The Morgan fingerprint density at radius 1 is 1.56 bits per heavy atom. The van der Waals surface area contributed by atoms with Crippen molar-refractivity contribution in [2.24, 2.45) is 17.6 Å². The number of amides is 1. The van der Waals surface area contributed by atoms with Crippen LogP contribution in [-0.2, 0) is 14.3 Å². The minimum atomic E-state index is -0.586. The van der Waals surface area contributed by atoms with Crippen molar-refractivity contribution in [2.45, 2.75) is 38.8 Å². The van der Waals surface area contributed by atoms with E-state index in [1.54, 1.807) is 0 Å². The van der Waals surface area contributed by atoms with Gasteiger partial charge in [0.05, 0.1) is 12.7 Å². The first-order valence-corrected chi connectivity index (χ1v) is 6.70. The van der Waals surface area contributed by atoms with Crippen LogP contribution in [0.2, 0.25) is 0 Å². The second-order valence-electron chi connectivity index (χ2n) is 5.29. The Labute approximate surface area is 109 Å². The van der Waals surface area contributed by atoms with Crippen LogP contribution < -0.4 is 11.1 Å². The lowest BCUT2D eigenvalue weighted by atomic mass is 9.87. The molecule has 1 fully saturated rings. The van der Waals surface area contributed by atoms with Crippen molar-refractivity contribution in [2.75, 3.05) is 26.9 Å². The van der Waals surface area contributed by atoms with Crippen molar-refractivity contribution in [1.82, 2.24) is 5.32 Å². The molecule has 0 aromatic carbocycles. The topological polar surface area (TPSA) is 73.6 Å². The van der Waals surface area contributed by atoms with Gasteiger partial charge in [0.1, 0.15) is 6.04 Å². The fourth-order valence-corrected chi connectivity index (χ4v) is 2.44. The van der Waals surface area contributed by atoms with E-state index in [9.17, 15) is 4.79 Å². The molecule has 3 atom stereocenters. The van der Waals surface area contributed by atoms with Crippen LogP contribution in [0.25, 0.3) is 0 Å². The van der Waals surface area contributed by atoms with Gasteiger partial charge in [-0.1, -0.05) is 13.8 Å². The summed E-state index contributed by atoms with van der Waals surface area (Å²) < 4.78 is 10.7. The Kier molecular flexibility index (Phi) is 6.60. The monoisotopic (exact) mass is 258 g/mol. The van der Waals surface area contributed by atoms with Crippen LogP contribution in [0.1, 0.15) is 26.7 Å². The predicted molar refractivity (Wildman–Crippen MR) is 70.2 cm³/mol. The highest BCUT2D eigenvalue weighted by Crippen LogP contribution is 2.25. The highest BCUT2D eigenvalue weighted by atomic mass is 16.5. The summed E-state index contributed by atoms with van der Waals surface area (Å²) in [6, 6.07) is -0.586. The summed E-state index contributed by atoms with van der Waals surface area (Å²) in [5.41, 5.74) is 5.67. The Morgan fingerprint density at radius 2 is 2.28 bits per heavy atom. The Balaban J connectivity index is 2.38. The van der Waals surface area contributed by atoms with Crippen molar-refractivity contribution in [3.8, 4) is 0 Å². The molecule has 18 heavy (non-hydrogen) atoms. The number of hydrogen-bond acceptors (Lipinski definition) is 4. The maximum Gasteiger partial charge on any atom is 0.239 e. The Bertz CT molecular complexity index is 259. The third-order valence-corrected chi connectivity index (χ3v) is 3.37. The number of nitrogens with one attached hydrogen (secondary N) is 1. The van der Waals surface area contributed by atoms with Crippen LogP contribution in [0, 0.1) is 11.8 Å². The maximum atomic E-state index is 11.7. The van der Waals surface area contributed by atoms with E-state index in [0.29, 0.717) is 18.4 Å². The van der Waals surface area contributed by atoms with Gasteiger partial charge in [-0.15, -0.1) is 0 Å². The molecule has 0 aromatic rings. The van der Waals surface area contributed by atoms with E-state index in [1.165, 1.54) is 7.11 Å². The molecule has 1 heterocycles. The summed E-state index contributed by atoms with van der Waals surface area (Å²) in [7, 11) is 1.54. The van der Waals surface area contributed by atoms with Gasteiger partial charge in [0.25, 0.3) is 0 Å². The van der Waals surface area contributed by atoms with Crippen LogP contribution in [0.5, 0.6) is 0 Å². The second kappa shape index (κ2) is 7.71. The SMILES string of the molecule is COCC(N)C(=O)NCC1CCCOC1C(C)C. The predicted octanol–water partition coefficient (Wildman–Crippen LogP) is 0.528. The normalized spacial score (nSPS) is 26.1. The molecule has 1 aliphatic rings. The number of methoxy groups -OCH3 is 1. The lowest BCUT2D eigenvalue weighted by molar-refractivity contribution is -0.124. The lowest BCUT2D eigenvalue weighted by Crippen LogP contribution is -2.47. The van der Waals surface area contributed by atoms with E-state index < -0.39 is 6.04 Å². The average Bonchev–Trinajstić information content (AvgIpc) is 2.36. The number of hydrogen-bond donors (Lipinski definition) is 2. The van der Waals surface area contributed by atoms with Crippen LogP contribution in [-0.4, -0.2) is 44.9 Å². The van der Waals surface area contributed by atoms with E-state index in [-0.39, 0.29) is 18.6 Å². The van der Waals surface area contributed by atoms with Crippen molar-refractivity contribution < 1.29 is 14.3 Å². The number of rotatable bonds is 6. The Morgan fingerprint density at radius 3 is 2.89 bits per heavy atom. The zero-order chi connectivity index (χ0) is 13.5. The molecule has 1 saturated heterocycles. The second-order valence-corrected chi connectivity index (χ2v) is 5.29. The molecule has 1 amide bonds. The molecule has 0 spiro atoms. The molecule has 3 unspecified atom stereocenters. The quantitative estimate of drug-likeness (QED) is 0.729. The molecule has 0 radical (unpaired) electrons. The van der Waals surface area contributed by atoms with E-state index in [0.717, 1.165) is 19.4 Å². The van der Waals surface area contributed by atoms with Crippen LogP contribution in [0.15, 0.2) is 0 Å². The van der Waals surface area contributed by atoms with E-state index >= 15 is 0 Å². The first-order valence-electron chi connectivity index (χ1n) is 6.70. The van der Waals surface area contributed by atoms with Gasteiger partial charge in [0.15, 0.2) is 0 Å². The summed E-state index contributed by atoms with van der Waals surface area (Å²) in [6.07, 6.45) is 2.40. The van der Waals surface area contributed by atoms with Gasteiger partial charge in [-0.3, -0.25) is 4.79 Å². The maximum absolute atomic E-state index is 11.7. The molecule has 1 aliphatic heterocycles. The van der Waals surface area contributed by atoms with Crippen molar-refractivity contribution in [3.63, 3.8) is 0 Å². The fraction of sp³-hybridized carbons (Fsp3) is 0.923.